The number of hydrogen-bond donors (Lipinski definition) is 7. The first-order valence-electron chi connectivity index (χ1n) is 24.2. The van der Waals surface area contributed by atoms with Crippen LogP contribution >= 0.6 is 0 Å². The molecule has 0 aliphatic heterocycles. The number of aryl methyl sites for hydroxylation is 6. The maximum absolute atomic E-state index is 12.4. The number of rotatable bonds is 16. The van der Waals surface area contributed by atoms with Crippen molar-refractivity contribution in [2.24, 2.45) is 0 Å². The van der Waals surface area contributed by atoms with Gasteiger partial charge in [0.25, 0.3) is 0 Å². The molecule has 8 aromatic carbocycles. The molecule has 20 nitrogen and oxygen atoms in total. The summed E-state index contributed by atoms with van der Waals surface area (Å²) in [6.45, 7) is 9.40. The normalized spacial score (nSPS) is 11.3. The summed E-state index contributed by atoms with van der Waals surface area (Å²) in [6, 6.07) is 37.8. The Bertz CT molecular complexity index is 3900. The zero-order chi connectivity index (χ0) is 60.7. The highest BCUT2D eigenvalue weighted by Crippen LogP contribution is 2.35. The third-order valence-electron chi connectivity index (χ3n) is 11.6. The molecule has 0 aliphatic rings. The molecule has 0 fully saturated rings. The number of phenolic OH excluding ortho intramolecular Hbond substituents is 4. The number of ether oxygens (including phenoxy) is 1. The van der Waals surface area contributed by atoms with Crippen LogP contribution in [0, 0.1) is 41.5 Å². The first-order valence-corrected chi connectivity index (χ1v) is 29.9. The minimum atomic E-state index is -4.10. The number of aliphatic hydroxyl groups is 3. The van der Waals surface area contributed by atoms with Crippen LogP contribution in [0.2, 0.25) is 0 Å². The Morgan fingerprint density at radius 3 is 1.12 bits per heavy atom. The Labute approximate surface area is 476 Å². The van der Waals surface area contributed by atoms with Crippen LogP contribution in [0.4, 0.5) is 0 Å². The van der Waals surface area contributed by atoms with Gasteiger partial charge in [-0.3, -0.25) is 0 Å². The van der Waals surface area contributed by atoms with E-state index >= 15 is 0 Å². The van der Waals surface area contributed by atoms with Gasteiger partial charge in [-0.15, -0.1) is 0 Å². The molecule has 0 aromatic heterocycles. The van der Waals surface area contributed by atoms with Crippen molar-refractivity contribution in [3.05, 3.63) is 208 Å². The molecule has 0 unspecified atom stereocenters. The van der Waals surface area contributed by atoms with Crippen LogP contribution in [0.15, 0.2) is 177 Å². The van der Waals surface area contributed by atoms with Crippen molar-refractivity contribution in [2.45, 2.75) is 80.9 Å². The fourth-order valence-electron chi connectivity index (χ4n) is 7.28. The number of aromatic hydroxyl groups is 4. The standard InChI is InChI=1S/C16H18O4S.C14H14O6S.2C14H14O5S/c1-10-6-5-7-11(2)16(10)20-21(18,19)14-8-12(3)15(17)13(4)9-14;1-19-13-4-2-3-10(9-15)14(13)20-21(17,18)12-7-5-11(16)6-8-12;1-10-2-7-14(11(8-10)9-15)19-20(17,18)13-5-3-12(16)4-6-13;1-10-3-2-4-11(9-15)14(10)19-20(17,18)13-7-5-12(16)6-8-13/h5-9,17H,1-4H3;2-8,15-16H,9H2,1H3;2*2-8,15-16H,9H2,1H3. The molecule has 0 saturated heterocycles. The monoisotopic (exact) mass is 1200 g/mol. The Balaban J connectivity index is 0.000000200. The number of methoxy groups -OCH3 is 1. The van der Waals surface area contributed by atoms with E-state index in [2.05, 4.69) is 0 Å². The average Bonchev–Trinajstić information content (AvgIpc) is 3.65. The predicted molar refractivity (Wildman–Crippen MR) is 302 cm³/mol. The summed E-state index contributed by atoms with van der Waals surface area (Å²) in [5.74, 6) is 0.684. The number of phenols is 4. The van der Waals surface area contributed by atoms with Gasteiger partial charge in [0.15, 0.2) is 17.2 Å². The number of benzene rings is 8. The fraction of sp³-hybridized carbons (Fsp3) is 0.172. The van der Waals surface area contributed by atoms with E-state index in [1.165, 1.54) is 110 Å². The van der Waals surface area contributed by atoms with E-state index in [-0.39, 0.29) is 84.4 Å². The molecule has 8 rings (SSSR count). The quantitative estimate of drug-likeness (QED) is 0.0444. The number of hydrogen-bond acceptors (Lipinski definition) is 20. The molecule has 0 aliphatic carbocycles. The van der Waals surface area contributed by atoms with Gasteiger partial charge in [0.05, 0.1) is 26.9 Å². The Morgan fingerprint density at radius 1 is 0.341 bits per heavy atom. The first-order chi connectivity index (χ1) is 38.6. The van der Waals surface area contributed by atoms with Gasteiger partial charge in [0.1, 0.15) is 54.1 Å². The van der Waals surface area contributed by atoms with Crippen molar-refractivity contribution in [1.29, 1.82) is 0 Å². The molecular weight excluding hydrogens is 1140 g/mol. The van der Waals surface area contributed by atoms with Crippen molar-refractivity contribution in [2.75, 3.05) is 7.11 Å². The smallest absolute Gasteiger partial charge is 0.339 e. The molecular formula is C58H60O20S4. The molecule has 82 heavy (non-hydrogen) atoms. The van der Waals surface area contributed by atoms with Gasteiger partial charge in [0.2, 0.25) is 0 Å². The minimum absolute atomic E-state index is 0.0316. The van der Waals surface area contributed by atoms with E-state index in [1.54, 1.807) is 83.1 Å². The van der Waals surface area contributed by atoms with Crippen LogP contribution in [0.25, 0.3) is 0 Å². The lowest BCUT2D eigenvalue weighted by molar-refractivity contribution is 0.276. The van der Waals surface area contributed by atoms with Crippen molar-refractivity contribution in [3.63, 3.8) is 0 Å². The number of aliphatic hydroxyl groups excluding tert-OH is 3. The van der Waals surface area contributed by atoms with Crippen LogP contribution in [0.3, 0.4) is 0 Å². The predicted octanol–water partition coefficient (Wildman–Crippen LogP) is 8.98. The highest BCUT2D eigenvalue weighted by atomic mass is 32.2. The van der Waals surface area contributed by atoms with Crippen LogP contribution in [0.1, 0.15) is 50.1 Å². The highest BCUT2D eigenvalue weighted by Gasteiger charge is 2.24. The summed E-state index contributed by atoms with van der Waals surface area (Å²) in [5.41, 5.74) is 5.09. The lowest BCUT2D eigenvalue weighted by Crippen LogP contribution is -2.12. The third-order valence-corrected chi connectivity index (χ3v) is 16.5. The van der Waals surface area contributed by atoms with E-state index in [0.717, 1.165) is 16.7 Å². The Morgan fingerprint density at radius 2 is 0.695 bits per heavy atom. The summed E-state index contributed by atoms with van der Waals surface area (Å²) in [5, 5.41) is 65.0. The molecule has 436 valence electrons. The van der Waals surface area contributed by atoms with Crippen molar-refractivity contribution >= 4 is 40.5 Å². The van der Waals surface area contributed by atoms with Crippen LogP contribution in [-0.4, -0.2) is 76.5 Å². The molecule has 0 amide bonds. The van der Waals surface area contributed by atoms with Gasteiger partial charge in [0, 0.05) is 16.7 Å². The average molecular weight is 1210 g/mol. The molecule has 7 N–H and O–H groups in total. The fourth-order valence-corrected chi connectivity index (χ4v) is 11.5. The van der Waals surface area contributed by atoms with Crippen molar-refractivity contribution in [1.82, 2.24) is 0 Å². The first kappa shape index (κ1) is 64.5. The zero-order valence-corrected chi connectivity index (χ0v) is 48.5. The highest BCUT2D eigenvalue weighted by molar-refractivity contribution is 7.88. The molecule has 24 heteroatoms. The molecule has 0 saturated carbocycles. The van der Waals surface area contributed by atoms with Gasteiger partial charge in [-0.2, -0.15) is 33.7 Å². The second-order valence-electron chi connectivity index (χ2n) is 17.9. The topological polar surface area (TPSA) is 324 Å². The maximum Gasteiger partial charge on any atom is 0.339 e. The molecule has 0 heterocycles. The Kier molecular flexibility index (Phi) is 21.9. The molecule has 0 spiro atoms. The van der Waals surface area contributed by atoms with Gasteiger partial charge >= 0.3 is 40.5 Å². The van der Waals surface area contributed by atoms with E-state index in [4.69, 9.17) is 31.7 Å². The van der Waals surface area contributed by atoms with Gasteiger partial charge in [-0.1, -0.05) is 66.2 Å². The van der Waals surface area contributed by atoms with Crippen LogP contribution in [0.5, 0.6) is 51.7 Å². The summed E-state index contributed by atoms with van der Waals surface area (Å²) in [4.78, 5) is -0.213. The van der Waals surface area contributed by atoms with Gasteiger partial charge < -0.3 is 57.2 Å². The van der Waals surface area contributed by atoms with Crippen molar-refractivity contribution in [3.8, 4) is 51.7 Å². The largest absolute Gasteiger partial charge is 0.508 e. The number of para-hydroxylation sites is 3. The summed E-state index contributed by atoms with van der Waals surface area (Å²) >= 11 is 0. The van der Waals surface area contributed by atoms with E-state index in [0.29, 0.717) is 33.6 Å². The minimum Gasteiger partial charge on any atom is -0.508 e. The molecule has 8 aromatic rings. The lowest BCUT2D eigenvalue weighted by atomic mass is 10.1. The summed E-state index contributed by atoms with van der Waals surface area (Å²) in [7, 11) is -14.7. The van der Waals surface area contributed by atoms with Gasteiger partial charge in [-0.05, 0) is 166 Å². The second kappa shape index (κ2) is 27.9. The molecule has 0 radical (unpaired) electrons. The Hall–Kier alpha value is -8.36. The van der Waals surface area contributed by atoms with Crippen LogP contribution in [-0.2, 0) is 60.3 Å². The SMILES string of the molecule is COc1cccc(CO)c1OS(=O)(=O)c1ccc(O)cc1.Cc1cc(S(=O)(=O)Oc2c(C)cccc2C)cc(C)c1O.Cc1ccc(OS(=O)(=O)c2ccc(O)cc2)c(CO)c1.Cc1cccc(CO)c1OS(=O)(=O)c1ccc(O)cc1. The third kappa shape index (κ3) is 17.1. The van der Waals surface area contributed by atoms with Crippen molar-refractivity contribution < 1.29 is 90.9 Å². The second-order valence-corrected chi connectivity index (χ2v) is 24.0. The summed E-state index contributed by atoms with van der Waals surface area (Å²) < 4.78 is 123. The van der Waals surface area contributed by atoms with E-state index < -0.39 is 47.1 Å². The van der Waals surface area contributed by atoms with E-state index in [9.17, 15) is 59.2 Å². The van der Waals surface area contributed by atoms with Gasteiger partial charge in [-0.25, -0.2) is 0 Å². The summed E-state index contributed by atoms with van der Waals surface area (Å²) in [6.07, 6.45) is 0. The lowest BCUT2D eigenvalue weighted by Gasteiger charge is -2.13. The molecule has 0 bridgehead atoms. The van der Waals surface area contributed by atoms with E-state index in [1.807, 2.05) is 13.0 Å². The zero-order valence-electron chi connectivity index (χ0n) is 45.2. The maximum atomic E-state index is 12.4. The van der Waals surface area contributed by atoms with Crippen LogP contribution < -0.4 is 21.5 Å². The molecule has 0 atom stereocenters.